The van der Waals surface area contributed by atoms with E-state index in [0.717, 1.165) is 5.56 Å². The van der Waals surface area contributed by atoms with Crippen LogP contribution >= 0.6 is 0 Å². The number of aromatic nitrogens is 2. The Hall–Kier alpha value is -2.24. The first-order valence-corrected chi connectivity index (χ1v) is 4.78. The van der Waals surface area contributed by atoms with Crippen LogP contribution in [0.1, 0.15) is 21.6 Å². The Bertz CT molecular complexity index is 467. The van der Waals surface area contributed by atoms with Crippen LogP contribution in [0.2, 0.25) is 0 Å². The van der Waals surface area contributed by atoms with Gasteiger partial charge in [0.05, 0.1) is 12.5 Å². The third kappa shape index (κ3) is 1.90. The van der Waals surface area contributed by atoms with Gasteiger partial charge in [-0.3, -0.25) is 9.89 Å². The predicted molar refractivity (Wildman–Crippen MR) is 57.6 cm³/mol. The molecular weight excluding hydrogens is 208 g/mol. The van der Waals surface area contributed by atoms with Gasteiger partial charge in [-0.2, -0.15) is 5.10 Å². The minimum atomic E-state index is -0.245. The number of carbonyl (C=O) groups excluding carboxylic acids is 1. The van der Waals surface area contributed by atoms with Gasteiger partial charge in [0.2, 0.25) is 0 Å². The Morgan fingerprint density at radius 1 is 1.69 bits per heavy atom. The van der Waals surface area contributed by atoms with E-state index in [2.05, 4.69) is 15.5 Å². The van der Waals surface area contributed by atoms with E-state index in [0.29, 0.717) is 17.8 Å². The summed E-state index contributed by atoms with van der Waals surface area (Å²) in [5.74, 6) is -0.0351. The lowest BCUT2D eigenvalue weighted by molar-refractivity contribution is 0.0951. The number of aryl methyl sites for hydroxylation is 1. The molecule has 0 unspecified atom stereocenters. The van der Waals surface area contributed by atoms with Gasteiger partial charge in [0.15, 0.2) is 5.82 Å². The zero-order valence-electron chi connectivity index (χ0n) is 8.78. The average Bonchev–Trinajstić information content (AvgIpc) is 2.86. The fraction of sp³-hybridized carbons (Fsp3) is 0.200. The van der Waals surface area contributed by atoms with E-state index in [-0.39, 0.29) is 11.7 Å². The summed E-state index contributed by atoms with van der Waals surface area (Å²) in [6.07, 6.45) is 3.13. The quantitative estimate of drug-likeness (QED) is 0.713. The second-order valence-electron chi connectivity index (χ2n) is 3.42. The SMILES string of the molecule is Cc1[nH]nc(N)c1C(=O)NCc1ccoc1. The molecule has 0 aliphatic rings. The first kappa shape index (κ1) is 10.3. The van der Waals surface area contributed by atoms with Crippen molar-refractivity contribution >= 4 is 11.7 Å². The second kappa shape index (κ2) is 4.09. The van der Waals surface area contributed by atoms with Crippen molar-refractivity contribution in [2.45, 2.75) is 13.5 Å². The number of furan rings is 1. The highest BCUT2D eigenvalue weighted by Crippen LogP contribution is 2.12. The van der Waals surface area contributed by atoms with Crippen molar-refractivity contribution in [3.8, 4) is 0 Å². The molecule has 0 saturated carbocycles. The molecular formula is C10H12N4O2. The first-order chi connectivity index (χ1) is 7.68. The minimum Gasteiger partial charge on any atom is -0.472 e. The van der Waals surface area contributed by atoms with E-state index in [1.54, 1.807) is 25.5 Å². The van der Waals surface area contributed by atoms with Crippen LogP contribution in [0.4, 0.5) is 5.82 Å². The molecule has 6 heteroatoms. The van der Waals surface area contributed by atoms with Crippen molar-refractivity contribution < 1.29 is 9.21 Å². The average molecular weight is 220 g/mol. The maximum absolute atomic E-state index is 11.8. The van der Waals surface area contributed by atoms with E-state index >= 15 is 0 Å². The highest BCUT2D eigenvalue weighted by Gasteiger charge is 2.15. The van der Waals surface area contributed by atoms with Gasteiger partial charge in [0.1, 0.15) is 5.56 Å². The third-order valence-electron chi connectivity index (χ3n) is 2.24. The van der Waals surface area contributed by atoms with E-state index in [1.165, 1.54) is 0 Å². The van der Waals surface area contributed by atoms with E-state index < -0.39 is 0 Å². The van der Waals surface area contributed by atoms with Crippen LogP contribution in [-0.2, 0) is 6.54 Å². The van der Waals surface area contributed by atoms with Crippen LogP contribution in [0, 0.1) is 6.92 Å². The number of H-pyrrole nitrogens is 1. The molecule has 0 atom stereocenters. The summed E-state index contributed by atoms with van der Waals surface area (Å²) >= 11 is 0. The van der Waals surface area contributed by atoms with E-state index in [4.69, 9.17) is 10.2 Å². The summed E-state index contributed by atoms with van der Waals surface area (Å²) in [7, 11) is 0. The molecule has 4 N–H and O–H groups in total. The predicted octanol–water partition coefficient (Wildman–Crippen LogP) is 0.823. The number of aromatic amines is 1. The zero-order valence-corrected chi connectivity index (χ0v) is 8.78. The number of hydrogen-bond donors (Lipinski definition) is 3. The van der Waals surface area contributed by atoms with Crippen LogP contribution in [0.5, 0.6) is 0 Å². The Morgan fingerprint density at radius 2 is 2.50 bits per heavy atom. The lowest BCUT2D eigenvalue weighted by Gasteiger charge is -2.02. The number of rotatable bonds is 3. The molecule has 6 nitrogen and oxygen atoms in total. The number of nitrogens with one attached hydrogen (secondary N) is 2. The van der Waals surface area contributed by atoms with Gasteiger partial charge in [-0.1, -0.05) is 0 Å². The highest BCUT2D eigenvalue weighted by atomic mass is 16.3. The Morgan fingerprint density at radius 3 is 3.06 bits per heavy atom. The van der Waals surface area contributed by atoms with Gasteiger partial charge in [-0.15, -0.1) is 0 Å². The Kier molecular flexibility index (Phi) is 2.63. The smallest absolute Gasteiger partial charge is 0.257 e. The van der Waals surface area contributed by atoms with Crippen molar-refractivity contribution in [3.63, 3.8) is 0 Å². The van der Waals surface area contributed by atoms with Crippen molar-refractivity contribution in [1.29, 1.82) is 0 Å². The molecule has 0 aliphatic carbocycles. The van der Waals surface area contributed by atoms with Gasteiger partial charge in [-0.25, -0.2) is 0 Å². The summed E-state index contributed by atoms with van der Waals surface area (Å²) in [6.45, 7) is 2.15. The number of carbonyl (C=O) groups is 1. The largest absolute Gasteiger partial charge is 0.472 e. The monoisotopic (exact) mass is 220 g/mol. The molecule has 1 amide bonds. The molecule has 84 valence electrons. The van der Waals surface area contributed by atoms with Gasteiger partial charge < -0.3 is 15.5 Å². The lowest BCUT2D eigenvalue weighted by Crippen LogP contribution is -2.23. The molecule has 0 saturated heterocycles. The first-order valence-electron chi connectivity index (χ1n) is 4.78. The number of nitrogens with two attached hydrogens (primary N) is 1. The topological polar surface area (TPSA) is 96.9 Å². The van der Waals surface area contributed by atoms with Gasteiger partial charge in [0.25, 0.3) is 5.91 Å². The molecule has 2 rings (SSSR count). The van der Waals surface area contributed by atoms with Gasteiger partial charge in [-0.05, 0) is 13.0 Å². The summed E-state index contributed by atoms with van der Waals surface area (Å²) in [5.41, 5.74) is 7.51. The molecule has 0 spiro atoms. The van der Waals surface area contributed by atoms with Crippen molar-refractivity contribution in [3.05, 3.63) is 35.4 Å². The van der Waals surface area contributed by atoms with E-state index in [9.17, 15) is 4.79 Å². The van der Waals surface area contributed by atoms with Crippen LogP contribution in [0.3, 0.4) is 0 Å². The highest BCUT2D eigenvalue weighted by molar-refractivity contribution is 5.99. The van der Waals surface area contributed by atoms with Crippen LogP contribution < -0.4 is 11.1 Å². The molecule has 0 aliphatic heterocycles. The van der Waals surface area contributed by atoms with Crippen LogP contribution in [0.15, 0.2) is 23.0 Å². The number of nitrogen functional groups attached to an aromatic ring is 1. The van der Waals surface area contributed by atoms with Crippen molar-refractivity contribution in [1.82, 2.24) is 15.5 Å². The molecule has 0 bridgehead atoms. The maximum Gasteiger partial charge on any atom is 0.257 e. The standard InChI is InChI=1S/C10H12N4O2/c1-6-8(9(11)14-13-6)10(15)12-4-7-2-3-16-5-7/h2-3,5H,4H2,1H3,(H,12,15)(H3,11,13,14). The summed E-state index contributed by atoms with van der Waals surface area (Å²) < 4.78 is 4.89. The molecule has 2 aromatic rings. The van der Waals surface area contributed by atoms with Crippen molar-refractivity contribution in [2.75, 3.05) is 5.73 Å². The minimum absolute atomic E-state index is 0.210. The number of amides is 1. The Labute approximate surface area is 91.8 Å². The normalized spacial score (nSPS) is 10.3. The number of nitrogens with zero attached hydrogens (tertiary/aromatic N) is 1. The van der Waals surface area contributed by atoms with Gasteiger partial charge >= 0.3 is 0 Å². The zero-order chi connectivity index (χ0) is 11.5. The molecule has 2 aromatic heterocycles. The van der Waals surface area contributed by atoms with E-state index in [1.807, 2.05) is 0 Å². The van der Waals surface area contributed by atoms with Crippen LogP contribution in [-0.4, -0.2) is 16.1 Å². The summed E-state index contributed by atoms with van der Waals surface area (Å²) in [4.78, 5) is 11.8. The molecule has 0 fully saturated rings. The van der Waals surface area contributed by atoms with Crippen molar-refractivity contribution in [2.24, 2.45) is 0 Å². The molecule has 0 aromatic carbocycles. The molecule has 16 heavy (non-hydrogen) atoms. The fourth-order valence-corrected chi connectivity index (χ4v) is 1.40. The Balaban J connectivity index is 2.04. The molecule has 2 heterocycles. The second-order valence-corrected chi connectivity index (χ2v) is 3.42. The third-order valence-corrected chi connectivity index (χ3v) is 2.24. The fourth-order valence-electron chi connectivity index (χ4n) is 1.40. The number of anilines is 1. The van der Waals surface area contributed by atoms with Gasteiger partial charge in [0, 0.05) is 17.8 Å². The number of hydrogen-bond acceptors (Lipinski definition) is 4. The maximum atomic E-state index is 11.8. The van der Waals surface area contributed by atoms with Crippen LogP contribution in [0.25, 0.3) is 0 Å². The summed E-state index contributed by atoms with van der Waals surface area (Å²) in [6, 6.07) is 1.78. The molecule has 0 radical (unpaired) electrons. The summed E-state index contributed by atoms with van der Waals surface area (Å²) in [5, 5.41) is 9.14. The lowest BCUT2D eigenvalue weighted by atomic mass is 10.2.